The van der Waals surface area contributed by atoms with Gasteiger partial charge in [0.25, 0.3) is 0 Å². The number of esters is 1. The van der Waals surface area contributed by atoms with E-state index in [9.17, 15) is 4.79 Å². The van der Waals surface area contributed by atoms with Crippen molar-refractivity contribution in [2.45, 2.75) is 44.6 Å². The van der Waals surface area contributed by atoms with E-state index in [0.29, 0.717) is 13.0 Å². The van der Waals surface area contributed by atoms with Crippen LogP contribution in [-0.2, 0) is 16.1 Å². The van der Waals surface area contributed by atoms with Crippen molar-refractivity contribution in [3.8, 4) is 0 Å². The first-order chi connectivity index (χ1) is 11.6. The third kappa shape index (κ3) is 7.73. The topological polar surface area (TPSA) is 62.7 Å². The SMILES string of the molecule is CCNC(=NCc1ccc(C)cc1SC)NCCCCC(=O)OC. The molecule has 0 amide bonds. The molecule has 0 spiro atoms. The maximum Gasteiger partial charge on any atom is 0.305 e. The van der Waals surface area contributed by atoms with Crippen molar-refractivity contribution in [1.29, 1.82) is 0 Å². The monoisotopic (exact) mass is 351 g/mol. The van der Waals surface area contributed by atoms with Gasteiger partial charge in [-0.2, -0.15) is 0 Å². The molecule has 1 rings (SSSR count). The number of unbranched alkanes of at least 4 members (excludes halogenated alkanes) is 1. The normalized spacial score (nSPS) is 11.2. The highest BCUT2D eigenvalue weighted by atomic mass is 32.2. The lowest BCUT2D eigenvalue weighted by Gasteiger charge is -2.12. The Morgan fingerprint density at radius 2 is 2.08 bits per heavy atom. The molecule has 0 aliphatic rings. The number of carbonyl (C=O) groups is 1. The minimum absolute atomic E-state index is 0.153. The number of nitrogens with one attached hydrogen (secondary N) is 2. The van der Waals surface area contributed by atoms with Crippen LogP contribution in [0.4, 0.5) is 0 Å². The summed E-state index contributed by atoms with van der Waals surface area (Å²) in [5.41, 5.74) is 2.50. The third-order valence-electron chi connectivity index (χ3n) is 3.52. The molecule has 0 unspecified atom stereocenters. The van der Waals surface area contributed by atoms with Crippen molar-refractivity contribution in [2.24, 2.45) is 4.99 Å². The zero-order valence-corrected chi connectivity index (χ0v) is 16.0. The molecule has 0 saturated carbocycles. The Hall–Kier alpha value is -1.69. The third-order valence-corrected chi connectivity index (χ3v) is 4.34. The molecule has 0 heterocycles. The van der Waals surface area contributed by atoms with Gasteiger partial charge >= 0.3 is 5.97 Å². The fourth-order valence-corrected chi connectivity index (χ4v) is 2.89. The molecule has 0 atom stereocenters. The van der Waals surface area contributed by atoms with Gasteiger partial charge < -0.3 is 15.4 Å². The van der Waals surface area contributed by atoms with E-state index in [1.54, 1.807) is 11.8 Å². The lowest BCUT2D eigenvalue weighted by molar-refractivity contribution is -0.140. The summed E-state index contributed by atoms with van der Waals surface area (Å²) in [4.78, 5) is 17.0. The zero-order chi connectivity index (χ0) is 17.8. The Balaban J connectivity index is 2.52. The van der Waals surface area contributed by atoms with Gasteiger partial charge in [-0.15, -0.1) is 11.8 Å². The molecule has 24 heavy (non-hydrogen) atoms. The molecule has 0 aliphatic carbocycles. The van der Waals surface area contributed by atoms with Crippen molar-refractivity contribution < 1.29 is 9.53 Å². The van der Waals surface area contributed by atoms with Crippen LogP contribution in [0.5, 0.6) is 0 Å². The van der Waals surface area contributed by atoms with Crippen LogP contribution in [0.3, 0.4) is 0 Å². The van der Waals surface area contributed by atoms with Gasteiger partial charge in [0.1, 0.15) is 0 Å². The van der Waals surface area contributed by atoms with E-state index in [0.717, 1.165) is 31.9 Å². The Labute approximate surface area is 149 Å². The minimum atomic E-state index is -0.153. The number of ether oxygens (including phenoxy) is 1. The van der Waals surface area contributed by atoms with E-state index < -0.39 is 0 Å². The van der Waals surface area contributed by atoms with Crippen LogP contribution in [0.15, 0.2) is 28.1 Å². The molecule has 1 aromatic rings. The number of methoxy groups -OCH3 is 1. The summed E-state index contributed by atoms with van der Waals surface area (Å²) < 4.78 is 4.64. The fraction of sp³-hybridized carbons (Fsp3) is 0.556. The summed E-state index contributed by atoms with van der Waals surface area (Å²) in [5, 5.41) is 6.56. The van der Waals surface area contributed by atoms with Crippen LogP contribution in [0.25, 0.3) is 0 Å². The summed E-state index contributed by atoms with van der Waals surface area (Å²) in [5.74, 6) is 0.655. The summed E-state index contributed by atoms with van der Waals surface area (Å²) in [6, 6.07) is 6.46. The van der Waals surface area contributed by atoms with Gasteiger partial charge in [0.05, 0.1) is 13.7 Å². The van der Waals surface area contributed by atoms with E-state index >= 15 is 0 Å². The Bertz CT molecular complexity index is 547. The van der Waals surface area contributed by atoms with E-state index in [4.69, 9.17) is 0 Å². The molecule has 6 heteroatoms. The predicted octanol–water partition coefficient (Wildman–Crippen LogP) is 3.12. The average Bonchev–Trinajstić information content (AvgIpc) is 2.59. The molecular formula is C18H29N3O2S. The predicted molar refractivity (Wildman–Crippen MR) is 102 cm³/mol. The molecule has 0 saturated heterocycles. The van der Waals surface area contributed by atoms with Crippen molar-refractivity contribution in [3.05, 3.63) is 29.3 Å². The quantitative estimate of drug-likeness (QED) is 0.235. The number of guanidine groups is 1. The summed E-state index contributed by atoms with van der Waals surface area (Å²) in [7, 11) is 1.42. The van der Waals surface area contributed by atoms with Gasteiger partial charge in [-0.05, 0) is 50.1 Å². The number of thioether (sulfide) groups is 1. The second-order valence-electron chi connectivity index (χ2n) is 5.47. The number of aliphatic imine (C=N–C) groups is 1. The number of nitrogens with zero attached hydrogens (tertiary/aromatic N) is 1. The maximum absolute atomic E-state index is 11.1. The van der Waals surface area contributed by atoms with Gasteiger partial charge in [-0.3, -0.25) is 4.79 Å². The number of aryl methyl sites for hydroxylation is 1. The van der Waals surface area contributed by atoms with Crippen LogP contribution >= 0.6 is 11.8 Å². The number of hydrogen-bond donors (Lipinski definition) is 2. The highest BCUT2D eigenvalue weighted by Gasteiger charge is 2.03. The highest BCUT2D eigenvalue weighted by molar-refractivity contribution is 7.98. The van der Waals surface area contributed by atoms with E-state index in [-0.39, 0.29) is 5.97 Å². The van der Waals surface area contributed by atoms with Crippen LogP contribution in [0.1, 0.15) is 37.3 Å². The molecule has 2 N–H and O–H groups in total. The Morgan fingerprint density at radius 3 is 2.75 bits per heavy atom. The van der Waals surface area contributed by atoms with Crippen molar-refractivity contribution >= 4 is 23.7 Å². The Kier molecular flexibility index (Phi) is 10.00. The first-order valence-corrected chi connectivity index (χ1v) is 9.55. The smallest absolute Gasteiger partial charge is 0.305 e. The van der Waals surface area contributed by atoms with Crippen LogP contribution in [0, 0.1) is 6.92 Å². The second kappa shape index (κ2) is 11.8. The molecule has 1 aromatic carbocycles. The van der Waals surface area contributed by atoms with Gasteiger partial charge in [-0.25, -0.2) is 4.99 Å². The van der Waals surface area contributed by atoms with Gasteiger partial charge in [0, 0.05) is 24.4 Å². The fourth-order valence-electron chi connectivity index (χ4n) is 2.19. The van der Waals surface area contributed by atoms with Gasteiger partial charge in [0.2, 0.25) is 0 Å². The van der Waals surface area contributed by atoms with E-state index in [1.165, 1.54) is 23.1 Å². The maximum atomic E-state index is 11.1. The lowest BCUT2D eigenvalue weighted by atomic mass is 10.1. The largest absolute Gasteiger partial charge is 0.469 e. The minimum Gasteiger partial charge on any atom is -0.469 e. The standard InChI is InChI=1S/C18H29N3O2S/c1-5-19-18(20-11-7-6-8-17(22)23-3)21-13-15-10-9-14(2)12-16(15)24-4/h9-10,12H,5-8,11,13H2,1-4H3,(H2,19,20,21). The summed E-state index contributed by atoms with van der Waals surface area (Å²) in [6.07, 6.45) is 4.27. The van der Waals surface area contributed by atoms with Crippen molar-refractivity contribution in [2.75, 3.05) is 26.5 Å². The molecule has 0 aromatic heterocycles. The average molecular weight is 352 g/mol. The van der Waals surface area contributed by atoms with E-state index in [1.807, 2.05) is 6.92 Å². The highest BCUT2D eigenvalue weighted by Crippen LogP contribution is 2.22. The molecule has 0 radical (unpaired) electrons. The Morgan fingerprint density at radius 1 is 1.29 bits per heavy atom. The van der Waals surface area contributed by atoms with Gasteiger partial charge in [-0.1, -0.05) is 12.1 Å². The number of rotatable bonds is 9. The van der Waals surface area contributed by atoms with Crippen LogP contribution in [0.2, 0.25) is 0 Å². The zero-order valence-electron chi connectivity index (χ0n) is 15.1. The molecule has 0 aliphatic heterocycles. The van der Waals surface area contributed by atoms with Crippen molar-refractivity contribution in [3.63, 3.8) is 0 Å². The number of hydrogen-bond acceptors (Lipinski definition) is 4. The van der Waals surface area contributed by atoms with E-state index in [2.05, 4.69) is 51.7 Å². The summed E-state index contributed by atoms with van der Waals surface area (Å²) in [6.45, 7) is 6.40. The molecule has 134 valence electrons. The number of carbonyl (C=O) groups excluding carboxylic acids is 1. The van der Waals surface area contributed by atoms with Crippen molar-refractivity contribution in [1.82, 2.24) is 10.6 Å². The first kappa shape index (κ1) is 20.4. The molecule has 5 nitrogen and oxygen atoms in total. The first-order valence-electron chi connectivity index (χ1n) is 8.33. The molecular weight excluding hydrogens is 322 g/mol. The number of benzene rings is 1. The summed E-state index contributed by atoms with van der Waals surface area (Å²) >= 11 is 1.75. The molecule has 0 fully saturated rings. The molecule has 0 bridgehead atoms. The van der Waals surface area contributed by atoms with Crippen LogP contribution in [-0.4, -0.2) is 38.4 Å². The lowest BCUT2D eigenvalue weighted by Crippen LogP contribution is -2.37. The van der Waals surface area contributed by atoms with Gasteiger partial charge in [0.15, 0.2) is 5.96 Å². The second-order valence-corrected chi connectivity index (χ2v) is 6.32. The van der Waals surface area contributed by atoms with Crippen LogP contribution < -0.4 is 10.6 Å².